The van der Waals surface area contributed by atoms with E-state index in [0.717, 1.165) is 18.5 Å². The second-order valence-electron chi connectivity index (χ2n) is 6.26. The molecule has 7 nitrogen and oxygen atoms in total. The van der Waals surface area contributed by atoms with Crippen LogP contribution < -0.4 is 14.8 Å². The lowest BCUT2D eigenvalue weighted by molar-refractivity contribution is 0.0940. The van der Waals surface area contributed by atoms with Gasteiger partial charge in [-0.3, -0.25) is 9.48 Å². The number of nitrogens with zero attached hydrogens (tertiary/aromatic N) is 3. The number of aryl methyl sites for hydroxylation is 1. The van der Waals surface area contributed by atoms with Gasteiger partial charge in [-0.1, -0.05) is 6.92 Å². The van der Waals surface area contributed by atoms with Crippen LogP contribution >= 0.6 is 0 Å². The molecule has 1 aromatic heterocycles. The Bertz CT molecular complexity index is 740. The number of methoxy groups -OCH3 is 2. The van der Waals surface area contributed by atoms with Gasteiger partial charge in [0.2, 0.25) is 0 Å². The van der Waals surface area contributed by atoms with Crippen LogP contribution in [0.15, 0.2) is 24.3 Å². The minimum atomic E-state index is -0.119. The van der Waals surface area contributed by atoms with E-state index in [-0.39, 0.29) is 5.91 Å². The molecular weight excluding hydrogens is 332 g/mol. The summed E-state index contributed by atoms with van der Waals surface area (Å²) < 4.78 is 12.5. The highest BCUT2D eigenvalue weighted by atomic mass is 16.5. The zero-order valence-corrected chi connectivity index (χ0v) is 16.2. The lowest BCUT2D eigenvalue weighted by Crippen LogP contribution is -2.32. The molecule has 0 fully saturated rings. The Morgan fingerprint density at radius 1 is 1.23 bits per heavy atom. The van der Waals surface area contributed by atoms with E-state index in [0.29, 0.717) is 36.0 Å². The number of nitrogens with one attached hydrogen (secondary N) is 1. The molecule has 0 bridgehead atoms. The first-order valence-corrected chi connectivity index (χ1v) is 8.73. The summed E-state index contributed by atoms with van der Waals surface area (Å²) in [6, 6.07) is 7.37. The Kier molecular flexibility index (Phi) is 7.03. The van der Waals surface area contributed by atoms with Crippen molar-refractivity contribution in [2.75, 3.05) is 41.4 Å². The molecule has 1 aromatic carbocycles. The summed E-state index contributed by atoms with van der Waals surface area (Å²) in [6.45, 7) is 4.11. The number of likely N-dealkylation sites (N-methyl/N-ethyl adjacent to an activating group) is 1. The maximum atomic E-state index is 12.6. The monoisotopic (exact) mass is 360 g/mol. The highest BCUT2D eigenvalue weighted by molar-refractivity contribution is 5.94. The zero-order chi connectivity index (χ0) is 19.1. The van der Waals surface area contributed by atoms with E-state index < -0.39 is 0 Å². The van der Waals surface area contributed by atoms with Gasteiger partial charge < -0.3 is 19.7 Å². The highest BCUT2D eigenvalue weighted by Crippen LogP contribution is 2.33. The number of aromatic nitrogens is 2. The maximum Gasteiger partial charge on any atom is 0.269 e. The average Bonchev–Trinajstić information content (AvgIpc) is 3.04. The van der Waals surface area contributed by atoms with Crippen LogP contribution in [-0.2, 0) is 6.54 Å². The second-order valence-corrected chi connectivity index (χ2v) is 6.26. The first-order valence-electron chi connectivity index (χ1n) is 8.73. The van der Waals surface area contributed by atoms with Crippen molar-refractivity contribution < 1.29 is 14.3 Å². The number of ether oxygens (including phenoxy) is 2. The van der Waals surface area contributed by atoms with Crippen LogP contribution in [-0.4, -0.2) is 62.0 Å². The molecule has 2 aromatic rings. The highest BCUT2D eigenvalue weighted by Gasteiger charge is 2.18. The molecule has 142 valence electrons. The van der Waals surface area contributed by atoms with Crippen molar-refractivity contribution in [3.05, 3.63) is 30.0 Å². The zero-order valence-electron chi connectivity index (χ0n) is 16.2. The van der Waals surface area contributed by atoms with E-state index in [1.165, 1.54) is 0 Å². The smallest absolute Gasteiger partial charge is 0.269 e. The second kappa shape index (κ2) is 9.24. The van der Waals surface area contributed by atoms with Gasteiger partial charge in [0, 0.05) is 31.3 Å². The molecule has 0 aliphatic carbocycles. The molecule has 1 N–H and O–H groups in total. The molecule has 1 heterocycles. The van der Waals surface area contributed by atoms with Crippen LogP contribution in [0.25, 0.3) is 11.3 Å². The molecule has 0 aliphatic rings. The van der Waals surface area contributed by atoms with Gasteiger partial charge in [-0.05, 0) is 38.7 Å². The number of hydrogen-bond donors (Lipinski definition) is 1. The Balaban J connectivity index is 2.32. The van der Waals surface area contributed by atoms with Gasteiger partial charge in [0.05, 0.1) is 19.9 Å². The normalized spacial score (nSPS) is 10.8. The maximum absolute atomic E-state index is 12.6. The summed E-state index contributed by atoms with van der Waals surface area (Å²) in [5, 5.41) is 7.57. The molecule has 0 radical (unpaired) electrons. The van der Waals surface area contributed by atoms with E-state index in [1.54, 1.807) is 18.9 Å². The average molecular weight is 360 g/mol. The van der Waals surface area contributed by atoms with Crippen molar-refractivity contribution in [3.63, 3.8) is 0 Å². The summed E-state index contributed by atoms with van der Waals surface area (Å²) in [6.07, 6.45) is 0.888. The molecule has 2 rings (SSSR count). The first-order chi connectivity index (χ1) is 12.5. The van der Waals surface area contributed by atoms with Crippen LogP contribution in [0.3, 0.4) is 0 Å². The van der Waals surface area contributed by atoms with Gasteiger partial charge in [-0.2, -0.15) is 5.10 Å². The van der Waals surface area contributed by atoms with Crippen LogP contribution in [0.2, 0.25) is 0 Å². The van der Waals surface area contributed by atoms with E-state index in [1.807, 2.05) is 43.3 Å². The number of carbonyl (C=O) groups excluding carboxylic acids is 1. The molecule has 7 heteroatoms. The summed E-state index contributed by atoms with van der Waals surface area (Å²) in [5.74, 6) is 1.25. The van der Waals surface area contributed by atoms with Crippen molar-refractivity contribution in [1.82, 2.24) is 20.0 Å². The van der Waals surface area contributed by atoms with Crippen LogP contribution in [0.4, 0.5) is 0 Å². The molecule has 0 saturated carbocycles. The van der Waals surface area contributed by atoms with E-state index in [2.05, 4.69) is 17.3 Å². The number of carbonyl (C=O) groups is 1. The molecular formula is C19H28N4O3. The quantitative estimate of drug-likeness (QED) is 0.743. The fourth-order valence-corrected chi connectivity index (χ4v) is 2.61. The lowest BCUT2D eigenvalue weighted by Gasteiger charge is -2.11. The third-order valence-electron chi connectivity index (χ3n) is 3.98. The predicted octanol–water partition coefficient (Wildman–Crippen LogP) is 2.27. The Labute approximate surface area is 154 Å². The minimum Gasteiger partial charge on any atom is -0.497 e. The van der Waals surface area contributed by atoms with E-state index in [4.69, 9.17) is 9.47 Å². The molecule has 1 amide bonds. The third-order valence-corrected chi connectivity index (χ3v) is 3.98. The summed E-state index contributed by atoms with van der Waals surface area (Å²) in [4.78, 5) is 14.6. The number of hydrogen-bond acceptors (Lipinski definition) is 5. The molecule has 26 heavy (non-hydrogen) atoms. The first kappa shape index (κ1) is 19.8. The number of amides is 1. The summed E-state index contributed by atoms with van der Waals surface area (Å²) in [7, 11) is 7.17. The fourth-order valence-electron chi connectivity index (χ4n) is 2.61. The number of rotatable bonds is 9. The van der Waals surface area contributed by atoms with E-state index in [9.17, 15) is 4.79 Å². The standard InChI is InChI=1S/C19H28N4O3/c1-6-10-23-17(19(24)20-9-11-22(2)3)13-16(21-23)15-8-7-14(25-4)12-18(15)26-5/h7-8,12-13H,6,9-11H2,1-5H3,(H,20,24). The summed E-state index contributed by atoms with van der Waals surface area (Å²) in [5.41, 5.74) is 2.08. The summed E-state index contributed by atoms with van der Waals surface area (Å²) >= 11 is 0. The largest absolute Gasteiger partial charge is 0.497 e. The number of benzene rings is 1. The molecule has 0 spiro atoms. The topological polar surface area (TPSA) is 68.6 Å². The van der Waals surface area contributed by atoms with Gasteiger partial charge in [0.15, 0.2) is 0 Å². The molecule has 0 saturated heterocycles. The van der Waals surface area contributed by atoms with Gasteiger partial charge >= 0.3 is 0 Å². The van der Waals surface area contributed by atoms with Crippen molar-refractivity contribution >= 4 is 5.91 Å². The van der Waals surface area contributed by atoms with Crippen LogP contribution in [0.5, 0.6) is 11.5 Å². The minimum absolute atomic E-state index is 0.119. The van der Waals surface area contributed by atoms with Crippen LogP contribution in [0, 0.1) is 0 Å². The van der Waals surface area contributed by atoms with Gasteiger partial charge in [-0.15, -0.1) is 0 Å². The SMILES string of the molecule is CCCn1nc(-c2ccc(OC)cc2OC)cc1C(=O)NCCN(C)C. The predicted molar refractivity (Wildman–Crippen MR) is 102 cm³/mol. The third kappa shape index (κ3) is 4.76. The molecule has 0 aliphatic heterocycles. The fraction of sp³-hybridized carbons (Fsp3) is 0.474. The van der Waals surface area contributed by atoms with Crippen molar-refractivity contribution in [1.29, 1.82) is 0 Å². The van der Waals surface area contributed by atoms with Gasteiger partial charge in [-0.25, -0.2) is 0 Å². The molecule has 0 unspecified atom stereocenters. The van der Waals surface area contributed by atoms with Crippen molar-refractivity contribution in [2.45, 2.75) is 19.9 Å². The van der Waals surface area contributed by atoms with E-state index >= 15 is 0 Å². The van der Waals surface area contributed by atoms with Crippen molar-refractivity contribution in [3.8, 4) is 22.8 Å². The van der Waals surface area contributed by atoms with Crippen LogP contribution in [0.1, 0.15) is 23.8 Å². The Morgan fingerprint density at radius 2 is 2.00 bits per heavy atom. The van der Waals surface area contributed by atoms with Gasteiger partial charge in [0.1, 0.15) is 17.2 Å². The van der Waals surface area contributed by atoms with Gasteiger partial charge in [0.25, 0.3) is 5.91 Å². The Hall–Kier alpha value is -2.54. The Morgan fingerprint density at radius 3 is 2.62 bits per heavy atom. The van der Waals surface area contributed by atoms with Crippen molar-refractivity contribution in [2.24, 2.45) is 0 Å². The lowest BCUT2D eigenvalue weighted by atomic mass is 10.1. The molecule has 0 atom stereocenters.